The van der Waals surface area contributed by atoms with Crippen molar-refractivity contribution in [1.29, 1.82) is 0 Å². The van der Waals surface area contributed by atoms with Gasteiger partial charge in [0.2, 0.25) is 0 Å². The van der Waals surface area contributed by atoms with Gasteiger partial charge in [0, 0.05) is 4.88 Å². The molecule has 148 valence electrons. The van der Waals surface area contributed by atoms with Gasteiger partial charge in [-0.1, -0.05) is 24.6 Å². The van der Waals surface area contributed by atoms with Crippen LogP contribution in [-0.2, 0) is 27.1 Å². The third-order valence-electron chi connectivity index (χ3n) is 4.74. The summed E-state index contributed by atoms with van der Waals surface area (Å²) in [5.74, 6) is -0.973. The molecule has 0 saturated carbocycles. The second kappa shape index (κ2) is 8.56. The lowest BCUT2D eigenvalue weighted by molar-refractivity contribution is -0.119. The molecule has 6 nitrogen and oxygen atoms in total. The Kier molecular flexibility index (Phi) is 6.14. The number of nitrogens with one attached hydrogen (secondary N) is 1. The number of methoxy groups -OCH3 is 1. The number of anilines is 1. The molecule has 7 heteroatoms. The summed E-state index contributed by atoms with van der Waals surface area (Å²) in [4.78, 5) is 37.8. The van der Waals surface area contributed by atoms with Crippen LogP contribution in [0, 0.1) is 12.8 Å². The standard InChI is InChI=1S/C21H23NO5S/c1-12-5-4-6-14(9-12)20(24)27-11-17(23)22-19-18(21(25)26-3)15-8-7-13(2)10-16(15)28-19/h4-6,9,13H,7-8,10-11H2,1-3H3,(H,22,23)/t13-/m1/s1. The first kappa shape index (κ1) is 20.1. The summed E-state index contributed by atoms with van der Waals surface area (Å²) in [5.41, 5.74) is 2.71. The van der Waals surface area contributed by atoms with Gasteiger partial charge in [0.25, 0.3) is 5.91 Å². The van der Waals surface area contributed by atoms with E-state index in [2.05, 4.69) is 12.2 Å². The van der Waals surface area contributed by atoms with E-state index in [0.29, 0.717) is 22.0 Å². The number of thiophene rings is 1. The van der Waals surface area contributed by atoms with E-state index in [0.717, 1.165) is 35.3 Å². The number of esters is 2. The lowest BCUT2D eigenvalue weighted by atomic mass is 9.88. The number of amides is 1. The molecule has 0 unspecified atom stereocenters. The zero-order valence-corrected chi connectivity index (χ0v) is 17.0. The van der Waals surface area contributed by atoms with Gasteiger partial charge in [-0.2, -0.15) is 0 Å². The van der Waals surface area contributed by atoms with Crippen LogP contribution in [-0.4, -0.2) is 31.6 Å². The molecular formula is C21H23NO5S. The topological polar surface area (TPSA) is 81.7 Å². The normalized spacial score (nSPS) is 15.5. The summed E-state index contributed by atoms with van der Waals surface area (Å²) in [7, 11) is 1.33. The van der Waals surface area contributed by atoms with Crippen LogP contribution in [0.5, 0.6) is 0 Å². The number of benzene rings is 1. The van der Waals surface area contributed by atoms with Crippen LogP contribution in [0.1, 0.15) is 50.1 Å². The fourth-order valence-corrected chi connectivity index (χ4v) is 4.72. The number of ether oxygens (including phenoxy) is 2. The Morgan fingerprint density at radius 3 is 2.75 bits per heavy atom. The van der Waals surface area contributed by atoms with Gasteiger partial charge in [-0.15, -0.1) is 11.3 Å². The van der Waals surface area contributed by atoms with Crippen molar-refractivity contribution in [2.75, 3.05) is 19.0 Å². The number of carbonyl (C=O) groups excluding carboxylic acids is 3. The van der Waals surface area contributed by atoms with E-state index >= 15 is 0 Å². The maximum absolute atomic E-state index is 12.3. The average molecular weight is 401 g/mol. The quantitative estimate of drug-likeness (QED) is 0.772. The van der Waals surface area contributed by atoms with Crippen LogP contribution in [0.4, 0.5) is 5.00 Å². The molecule has 1 aromatic heterocycles. The van der Waals surface area contributed by atoms with Crippen molar-refractivity contribution in [2.24, 2.45) is 5.92 Å². The molecule has 2 aromatic rings. The van der Waals surface area contributed by atoms with Gasteiger partial charge in [0.15, 0.2) is 6.61 Å². The molecule has 0 saturated heterocycles. The molecule has 1 amide bonds. The minimum atomic E-state index is -0.564. The zero-order chi connectivity index (χ0) is 20.3. The summed E-state index contributed by atoms with van der Waals surface area (Å²) >= 11 is 1.40. The van der Waals surface area contributed by atoms with Crippen molar-refractivity contribution in [1.82, 2.24) is 0 Å². The predicted octanol–water partition coefficient (Wildman–Crippen LogP) is 3.76. The molecule has 1 aromatic carbocycles. The third-order valence-corrected chi connectivity index (χ3v) is 5.91. The van der Waals surface area contributed by atoms with Crippen molar-refractivity contribution in [3.05, 3.63) is 51.4 Å². The largest absolute Gasteiger partial charge is 0.465 e. The van der Waals surface area contributed by atoms with E-state index < -0.39 is 24.5 Å². The Balaban J connectivity index is 1.70. The number of hydrogen-bond donors (Lipinski definition) is 1. The molecule has 0 radical (unpaired) electrons. The Morgan fingerprint density at radius 2 is 2.04 bits per heavy atom. The van der Waals surface area contributed by atoms with E-state index in [1.807, 2.05) is 13.0 Å². The molecule has 1 N–H and O–H groups in total. The Bertz CT molecular complexity index is 918. The third kappa shape index (κ3) is 4.42. The first-order valence-electron chi connectivity index (χ1n) is 9.15. The van der Waals surface area contributed by atoms with E-state index in [1.165, 1.54) is 18.4 Å². The highest BCUT2D eigenvalue weighted by Gasteiger charge is 2.29. The number of aryl methyl sites for hydroxylation is 1. The molecule has 1 aliphatic carbocycles. The summed E-state index contributed by atoms with van der Waals surface area (Å²) in [6.45, 7) is 3.62. The molecule has 3 rings (SSSR count). The highest BCUT2D eigenvalue weighted by molar-refractivity contribution is 7.17. The molecule has 1 heterocycles. The second-order valence-corrected chi connectivity index (χ2v) is 8.15. The van der Waals surface area contributed by atoms with Crippen molar-refractivity contribution in [2.45, 2.75) is 33.1 Å². The minimum absolute atomic E-state index is 0.392. The van der Waals surface area contributed by atoms with Crippen LogP contribution in [0.25, 0.3) is 0 Å². The fourth-order valence-electron chi connectivity index (χ4n) is 3.31. The van der Waals surface area contributed by atoms with Crippen LogP contribution in [0.3, 0.4) is 0 Å². The summed E-state index contributed by atoms with van der Waals surface area (Å²) in [5, 5.41) is 3.18. The van der Waals surface area contributed by atoms with Crippen LogP contribution < -0.4 is 5.32 Å². The fraction of sp³-hybridized carbons (Fsp3) is 0.381. The van der Waals surface area contributed by atoms with Gasteiger partial charge in [0.1, 0.15) is 5.00 Å². The maximum Gasteiger partial charge on any atom is 0.341 e. The van der Waals surface area contributed by atoms with Gasteiger partial charge in [0.05, 0.1) is 18.2 Å². The van der Waals surface area contributed by atoms with E-state index in [1.54, 1.807) is 18.2 Å². The highest BCUT2D eigenvalue weighted by atomic mass is 32.1. The van der Waals surface area contributed by atoms with Crippen molar-refractivity contribution < 1.29 is 23.9 Å². The Morgan fingerprint density at radius 1 is 1.25 bits per heavy atom. The molecule has 0 aliphatic heterocycles. The van der Waals surface area contributed by atoms with Gasteiger partial charge in [-0.25, -0.2) is 9.59 Å². The summed E-state index contributed by atoms with van der Waals surface area (Å²) < 4.78 is 10.0. The lowest BCUT2D eigenvalue weighted by Crippen LogP contribution is -2.22. The highest BCUT2D eigenvalue weighted by Crippen LogP contribution is 2.40. The van der Waals surface area contributed by atoms with Crippen molar-refractivity contribution >= 4 is 34.2 Å². The SMILES string of the molecule is COC(=O)c1c(NC(=O)COC(=O)c2cccc(C)c2)sc2c1CC[C@@H](C)C2. The number of fused-ring (bicyclic) bond motifs is 1. The van der Waals surface area contributed by atoms with Crippen molar-refractivity contribution in [3.8, 4) is 0 Å². The second-order valence-electron chi connectivity index (χ2n) is 7.04. The number of carbonyl (C=O) groups is 3. The summed E-state index contributed by atoms with van der Waals surface area (Å²) in [6.07, 6.45) is 2.66. The van der Waals surface area contributed by atoms with Crippen molar-refractivity contribution in [3.63, 3.8) is 0 Å². The Labute approximate surface area is 167 Å². The molecular weight excluding hydrogens is 378 g/mol. The zero-order valence-electron chi connectivity index (χ0n) is 16.2. The Hall–Kier alpha value is -2.67. The number of hydrogen-bond acceptors (Lipinski definition) is 6. The number of rotatable bonds is 5. The summed E-state index contributed by atoms with van der Waals surface area (Å²) in [6, 6.07) is 6.96. The smallest absolute Gasteiger partial charge is 0.341 e. The van der Waals surface area contributed by atoms with E-state index in [4.69, 9.17) is 9.47 Å². The van der Waals surface area contributed by atoms with Gasteiger partial charge >= 0.3 is 11.9 Å². The molecule has 1 aliphatic rings. The van der Waals surface area contributed by atoms with Gasteiger partial charge < -0.3 is 14.8 Å². The average Bonchev–Trinajstić information content (AvgIpc) is 3.02. The van der Waals surface area contributed by atoms with E-state index in [-0.39, 0.29) is 0 Å². The van der Waals surface area contributed by atoms with Gasteiger partial charge in [-0.3, -0.25) is 4.79 Å². The lowest BCUT2D eigenvalue weighted by Gasteiger charge is -2.18. The predicted molar refractivity (Wildman–Crippen MR) is 107 cm³/mol. The van der Waals surface area contributed by atoms with Crippen LogP contribution in [0.2, 0.25) is 0 Å². The monoisotopic (exact) mass is 401 g/mol. The molecule has 0 bridgehead atoms. The molecule has 28 heavy (non-hydrogen) atoms. The van der Waals surface area contributed by atoms with E-state index in [9.17, 15) is 14.4 Å². The maximum atomic E-state index is 12.3. The van der Waals surface area contributed by atoms with Crippen LogP contribution >= 0.6 is 11.3 Å². The molecule has 1 atom stereocenters. The first-order valence-corrected chi connectivity index (χ1v) is 9.97. The molecule has 0 spiro atoms. The minimum Gasteiger partial charge on any atom is -0.465 e. The molecule has 0 fully saturated rings. The van der Waals surface area contributed by atoms with Gasteiger partial charge in [-0.05, 0) is 49.8 Å². The first-order chi connectivity index (χ1) is 13.4. The van der Waals surface area contributed by atoms with Crippen LogP contribution in [0.15, 0.2) is 24.3 Å².